The Bertz CT molecular complexity index is 437. The van der Waals surface area contributed by atoms with E-state index in [9.17, 15) is 4.79 Å². The summed E-state index contributed by atoms with van der Waals surface area (Å²) >= 11 is 0. The molecule has 0 radical (unpaired) electrons. The van der Waals surface area contributed by atoms with Crippen LogP contribution in [0.25, 0.3) is 0 Å². The SMILES string of the molecule is O=C(NC[C@@H]([C@H]1CCOC1)N1CCOCC1)c1ccco1. The van der Waals surface area contributed by atoms with Crippen LogP contribution in [0.15, 0.2) is 22.8 Å². The summed E-state index contributed by atoms with van der Waals surface area (Å²) < 4.78 is 16.1. The van der Waals surface area contributed by atoms with Crippen molar-refractivity contribution in [3.05, 3.63) is 24.2 Å². The van der Waals surface area contributed by atoms with Crippen LogP contribution in [-0.4, -0.2) is 62.9 Å². The van der Waals surface area contributed by atoms with Crippen LogP contribution in [0.2, 0.25) is 0 Å². The van der Waals surface area contributed by atoms with Gasteiger partial charge in [0, 0.05) is 38.2 Å². The third-order valence-corrected chi connectivity index (χ3v) is 4.24. The van der Waals surface area contributed by atoms with Crippen molar-refractivity contribution in [3.8, 4) is 0 Å². The van der Waals surface area contributed by atoms with Crippen molar-refractivity contribution in [3.63, 3.8) is 0 Å². The molecule has 0 aliphatic carbocycles. The average molecular weight is 294 g/mol. The van der Waals surface area contributed by atoms with Gasteiger partial charge in [0.1, 0.15) is 0 Å². The lowest BCUT2D eigenvalue weighted by molar-refractivity contribution is 0.00160. The number of nitrogens with zero attached hydrogens (tertiary/aromatic N) is 1. The van der Waals surface area contributed by atoms with Gasteiger partial charge in [0.2, 0.25) is 0 Å². The minimum Gasteiger partial charge on any atom is -0.459 e. The summed E-state index contributed by atoms with van der Waals surface area (Å²) in [6.45, 7) is 5.56. The third kappa shape index (κ3) is 3.64. The van der Waals surface area contributed by atoms with E-state index < -0.39 is 0 Å². The van der Waals surface area contributed by atoms with Gasteiger partial charge in [0.15, 0.2) is 5.76 Å². The molecule has 3 rings (SSSR count). The molecule has 0 unspecified atom stereocenters. The monoisotopic (exact) mass is 294 g/mol. The summed E-state index contributed by atoms with van der Waals surface area (Å²) in [7, 11) is 0. The second-order valence-corrected chi connectivity index (χ2v) is 5.53. The third-order valence-electron chi connectivity index (χ3n) is 4.24. The highest BCUT2D eigenvalue weighted by Gasteiger charge is 2.31. The van der Waals surface area contributed by atoms with E-state index in [1.54, 1.807) is 12.1 Å². The highest BCUT2D eigenvalue weighted by molar-refractivity contribution is 5.91. The summed E-state index contributed by atoms with van der Waals surface area (Å²) in [6, 6.07) is 3.70. The van der Waals surface area contributed by atoms with Crippen LogP contribution in [0, 0.1) is 5.92 Å². The zero-order valence-electron chi connectivity index (χ0n) is 12.1. The van der Waals surface area contributed by atoms with Crippen molar-refractivity contribution >= 4 is 5.91 Å². The van der Waals surface area contributed by atoms with Crippen molar-refractivity contribution in [1.29, 1.82) is 0 Å². The predicted octanol–water partition coefficient (Wildman–Crippen LogP) is 0.747. The Morgan fingerprint density at radius 2 is 2.19 bits per heavy atom. The molecule has 116 valence electrons. The minimum atomic E-state index is -0.155. The fourth-order valence-electron chi connectivity index (χ4n) is 3.05. The van der Waals surface area contributed by atoms with E-state index in [4.69, 9.17) is 13.9 Å². The number of carbonyl (C=O) groups excluding carboxylic acids is 1. The molecule has 1 amide bonds. The molecule has 2 aliphatic rings. The van der Waals surface area contributed by atoms with Crippen LogP contribution in [0.5, 0.6) is 0 Å². The number of rotatable bonds is 5. The summed E-state index contributed by atoms with van der Waals surface area (Å²) in [4.78, 5) is 14.4. The first-order valence-electron chi connectivity index (χ1n) is 7.56. The van der Waals surface area contributed by atoms with Crippen molar-refractivity contribution in [2.75, 3.05) is 46.1 Å². The molecule has 0 saturated carbocycles. The van der Waals surface area contributed by atoms with E-state index in [2.05, 4.69) is 10.2 Å². The second-order valence-electron chi connectivity index (χ2n) is 5.53. The van der Waals surface area contributed by atoms with Gasteiger partial charge >= 0.3 is 0 Å². The average Bonchev–Trinajstić information content (AvgIpc) is 3.22. The molecule has 1 aromatic rings. The van der Waals surface area contributed by atoms with Gasteiger partial charge in [0.05, 0.1) is 26.1 Å². The molecule has 1 aromatic heterocycles. The molecule has 2 saturated heterocycles. The second kappa shape index (κ2) is 7.06. The quantitative estimate of drug-likeness (QED) is 0.868. The Balaban J connectivity index is 1.59. The Hall–Kier alpha value is -1.37. The van der Waals surface area contributed by atoms with Crippen LogP contribution in [0.3, 0.4) is 0 Å². The molecule has 0 spiro atoms. The van der Waals surface area contributed by atoms with E-state index in [-0.39, 0.29) is 5.91 Å². The van der Waals surface area contributed by atoms with Gasteiger partial charge < -0.3 is 19.2 Å². The fourth-order valence-corrected chi connectivity index (χ4v) is 3.05. The number of amides is 1. The van der Waals surface area contributed by atoms with Gasteiger partial charge in [-0.15, -0.1) is 0 Å². The molecule has 3 heterocycles. The van der Waals surface area contributed by atoms with Crippen molar-refractivity contribution in [2.45, 2.75) is 12.5 Å². The maximum Gasteiger partial charge on any atom is 0.287 e. The van der Waals surface area contributed by atoms with Crippen molar-refractivity contribution < 1.29 is 18.7 Å². The molecule has 2 aliphatic heterocycles. The minimum absolute atomic E-state index is 0.155. The molecule has 1 N–H and O–H groups in total. The zero-order valence-corrected chi connectivity index (χ0v) is 12.1. The van der Waals surface area contributed by atoms with E-state index in [1.807, 2.05) is 0 Å². The number of furan rings is 1. The molecule has 2 fully saturated rings. The molecular formula is C15H22N2O4. The first-order valence-corrected chi connectivity index (χ1v) is 7.56. The maximum atomic E-state index is 12.0. The zero-order chi connectivity index (χ0) is 14.5. The number of morpholine rings is 1. The fraction of sp³-hybridized carbons (Fsp3) is 0.667. The first kappa shape index (κ1) is 14.6. The van der Waals surface area contributed by atoms with Gasteiger partial charge in [-0.3, -0.25) is 9.69 Å². The Morgan fingerprint density at radius 1 is 1.33 bits per heavy atom. The summed E-state index contributed by atoms with van der Waals surface area (Å²) in [6.07, 6.45) is 2.57. The van der Waals surface area contributed by atoms with E-state index in [0.717, 1.165) is 45.9 Å². The Morgan fingerprint density at radius 3 is 2.86 bits per heavy atom. The van der Waals surface area contributed by atoms with Gasteiger partial charge in [-0.25, -0.2) is 0 Å². The number of nitrogens with one attached hydrogen (secondary N) is 1. The Labute approximate surface area is 124 Å². The molecular weight excluding hydrogens is 272 g/mol. The highest BCUT2D eigenvalue weighted by Crippen LogP contribution is 2.22. The largest absolute Gasteiger partial charge is 0.459 e. The maximum absolute atomic E-state index is 12.0. The number of hydrogen-bond acceptors (Lipinski definition) is 5. The number of carbonyl (C=O) groups is 1. The van der Waals surface area contributed by atoms with Crippen LogP contribution >= 0.6 is 0 Å². The summed E-state index contributed by atoms with van der Waals surface area (Å²) in [5.41, 5.74) is 0. The molecule has 6 nitrogen and oxygen atoms in total. The lowest BCUT2D eigenvalue weighted by Crippen LogP contribution is -2.52. The van der Waals surface area contributed by atoms with Gasteiger partial charge in [-0.1, -0.05) is 0 Å². The number of hydrogen-bond donors (Lipinski definition) is 1. The molecule has 0 bridgehead atoms. The highest BCUT2D eigenvalue weighted by atomic mass is 16.5. The van der Waals surface area contributed by atoms with Crippen LogP contribution in [0.1, 0.15) is 17.0 Å². The predicted molar refractivity (Wildman–Crippen MR) is 76.1 cm³/mol. The molecule has 0 aromatic carbocycles. The molecule has 6 heteroatoms. The van der Waals surface area contributed by atoms with Crippen LogP contribution < -0.4 is 5.32 Å². The standard InChI is InChI=1S/C15H22N2O4/c18-15(14-2-1-6-21-14)16-10-13(12-3-7-20-11-12)17-4-8-19-9-5-17/h1-2,6,12-13H,3-5,7-11H2,(H,16,18)/t12-,13-/m0/s1. The lowest BCUT2D eigenvalue weighted by atomic mass is 9.97. The Kier molecular flexibility index (Phi) is 4.90. The van der Waals surface area contributed by atoms with Crippen LogP contribution in [0.4, 0.5) is 0 Å². The van der Waals surface area contributed by atoms with E-state index in [1.165, 1.54) is 6.26 Å². The van der Waals surface area contributed by atoms with Crippen LogP contribution in [-0.2, 0) is 9.47 Å². The van der Waals surface area contributed by atoms with Gasteiger partial charge in [-0.05, 0) is 18.6 Å². The van der Waals surface area contributed by atoms with Gasteiger partial charge in [0.25, 0.3) is 5.91 Å². The topological polar surface area (TPSA) is 63.9 Å². The normalized spacial score (nSPS) is 24.9. The van der Waals surface area contributed by atoms with Gasteiger partial charge in [-0.2, -0.15) is 0 Å². The number of ether oxygens (including phenoxy) is 2. The lowest BCUT2D eigenvalue weighted by Gasteiger charge is -2.37. The van der Waals surface area contributed by atoms with Crippen molar-refractivity contribution in [2.24, 2.45) is 5.92 Å². The first-order chi connectivity index (χ1) is 10.3. The summed E-state index contributed by atoms with van der Waals surface area (Å²) in [5, 5.41) is 2.99. The molecule has 21 heavy (non-hydrogen) atoms. The van der Waals surface area contributed by atoms with E-state index >= 15 is 0 Å². The molecule has 2 atom stereocenters. The van der Waals surface area contributed by atoms with Crippen molar-refractivity contribution in [1.82, 2.24) is 10.2 Å². The summed E-state index contributed by atoms with van der Waals surface area (Å²) in [5.74, 6) is 0.676. The smallest absolute Gasteiger partial charge is 0.287 e. The van der Waals surface area contributed by atoms with E-state index in [0.29, 0.717) is 24.3 Å².